The molecule has 1 N–H and O–H groups in total. The number of benzene rings is 2. The Morgan fingerprint density at radius 1 is 0.960 bits per heavy atom. The number of hydrogen-bond acceptors (Lipinski definition) is 2. The lowest BCUT2D eigenvalue weighted by atomic mass is 9.68. The maximum absolute atomic E-state index is 12.3. The summed E-state index contributed by atoms with van der Waals surface area (Å²) in [5.41, 5.74) is 2.41. The summed E-state index contributed by atoms with van der Waals surface area (Å²) in [6.45, 7) is 1.58. The first kappa shape index (κ1) is 15.2. The van der Waals surface area contributed by atoms with Crippen LogP contribution in [0.4, 0.5) is 0 Å². The van der Waals surface area contributed by atoms with Crippen molar-refractivity contribution in [2.45, 2.75) is 30.8 Å². The molecule has 3 nitrogen and oxygen atoms in total. The quantitative estimate of drug-likeness (QED) is 0.913. The molecular weight excluding hydrogens is 308 g/mol. The van der Waals surface area contributed by atoms with Crippen LogP contribution in [0.15, 0.2) is 60.7 Å². The van der Waals surface area contributed by atoms with Gasteiger partial charge in [0.15, 0.2) is 0 Å². The van der Waals surface area contributed by atoms with Crippen LogP contribution in [-0.2, 0) is 10.5 Å². The van der Waals surface area contributed by atoms with Crippen LogP contribution >= 0.6 is 0 Å². The summed E-state index contributed by atoms with van der Waals surface area (Å²) < 4.78 is 0. The van der Waals surface area contributed by atoms with E-state index in [0.717, 1.165) is 13.0 Å². The Bertz CT molecular complexity index is 775. The molecule has 2 aliphatic heterocycles. The van der Waals surface area contributed by atoms with Crippen molar-refractivity contribution >= 4 is 5.91 Å². The average molecular weight is 332 g/mol. The van der Waals surface area contributed by atoms with Gasteiger partial charge in [-0.25, -0.2) is 0 Å². The molecule has 4 atom stereocenters. The third-order valence-corrected chi connectivity index (χ3v) is 6.63. The Labute approximate surface area is 149 Å². The smallest absolute Gasteiger partial charge is 0.235 e. The lowest BCUT2D eigenvalue weighted by Crippen LogP contribution is -2.50. The molecule has 4 unspecified atom stereocenters. The van der Waals surface area contributed by atoms with E-state index in [0.29, 0.717) is 24.3 Å². The molecule has 0 aromatic heterocycles. The fraction of sp³-hybridized carbons (Fsp3) is 0.409. The number of fused-ring (bicyclic) bond motifs is 3. The molecule has 1 aliphatic carbocycles. The van der Waals surface area contributed by atoms with Crippen LogP contribution in [0.1, 0.15) is 36.3 Å². The largest absolute Gasteiger partial charge is 0.332 e. The van der Waals surface area contributed by atoms with Crippen molar-refractivity contribution in [2.24, 2.45) is 11.8 Å². The zero-order chi connectivity index (χ0) is 16.9. The minimum Gasteiger partial charge on any atom is -0.332 e. The van der Waals surface area contributed by atoms with E-state index in [9.17, 15) is 4.79 Å². The van der Waals surface area contributed by atoms with Gasteiger partial charge < -0.3 is 5.32 Å². The standard InChI is InChI=1S/C22H24N2O/c25-21-15-24-14-18-12-11-17(16-7-3-1-4-8-16)13-20(18)22(24,23-21)19-9-5-2-6-10-19/h1-10,17-18,20H,11-15H2,(H,23,25). The molecule has 2 saturated heterocycles. The molecule has 2 aromatic rings. The Kier molecular flexibility index (Phi) is 3.46. The van der Waals surface area contributed by atoms with Crippen LogP contribution in [-0.4, -0.2) is 23.9 Å². The third-order valence-electron chi connectivity index (χ3n) is 6.63. The average Bonchev–Trinajstić information content (AvgIpc) is 3.14. The van der Waals surface area contributed by atoms with Crippen molar-refractivity contribution in [3.05, 3.63) is 71.8 Å². The number of carbonyl (C=O) groups excluding carboxylic acids is 1. The number of amides is 1. The van der Waals surface area contributed by atoms with Crippen molar-refractivity contribution in [2.75, 3.05) is 13.1 Å². The SMILES string of the molecule is O=C1CN2CC3CCC(c4ccccc4)CC3C2(c2ccccc2)N1. The second kappa shape index (κ2) is 5.70. The van der Waals surface area contributed by atoms with Gasteiger partial charge in [-0.1, -0.05) is 60.7 Å². The van der Waals surface area contributed by atoms with E-state index in [-0.39, 0.29) is 11.6 Å². The lowest BCUT2D eigenvalue weighted by molar-refractivity contribution is -0.119. The van der Waals surface area contributed by atoms with E-state index in [4.69, 9.17) is 0 Å². The topological polar surface area (TPSA) is 32.3 Å². The van der Waals surface area contributed by atoms with E-state index in [1.165, 1.54) is 24.0 Å². The summed E-state index contributed by atoms with van der Waals surface area (Å²) in [4.78, 5) is 14.7. The molecule has 5 rings (SSSR count). The molecule has 3 aliphatic rings. The Hall–Kier alpha value is -2.13. The van der Waals surface area contributed by atoms with Gasteiger partial charge in [0.05, 0.1) is 6.54 Å². The lowest BCUT2D eigenvalue weighted by Gasteiger charge is -2.42. The molecular formula is C22H24N2O. The van der Waals surface area contributed by atoms with Gasteiger partial charge >= 0.3 is 0 Å². The van der Waals surface area contributed by atoms with Gasteiger partial charge in [0.25, 0.3) is 0 Å². The van der Waals surface area contributed by atoms with Crippen LogP contribution in [0.25, 0.3) is 0 Å². The fourth-order valence-electron chi connectivity index (χ4n) is 5.60. The minimum absolute atomic E-state index is 0.170. The highest BCUT2D eigenvalue weighted by Crippen LogP contribution is 2.55. The van der Waals surface area contributed by atoms with Gasteiger partial charge in [0, 0.05) is 12.5 Å². The number of nitrogens with zero attached hydrogens (tertiary/aromatic N) is 1. The van der Waals surface area contributed by atoms with Crippen LogP contribution < -0.4 is 5.32 Å². The van der Waals surface area contributed by atoms with Gasteiger partial charge in [-0.3, -0.25) is 9.69 Å². The van der Waals surface area contributed by atoms with Crippen molar-refractivity contribution in [3.8, 4) is 0 Å². The van der Waals surface area contributed by atoms with E-state index in [2.05, 4.69) is 70.9 Å². The summed E-state index contributed by atoms with van der Waals surface area (Å²) in [6.07, 6.45) is 3.67. The van der Waals surface area contributed by atoms with Crippen LogP contribution in [0.3, 0.4) is 0 Å². The number of hydrogen-bond donors (Lipinski definition) is 1. The maximum atomic E-state index is 12.3. The predicted molar refractivity (Wildman–Crippen MR) is 97.8 cm³/mol. The van der Waals surface area contributed by atoms with Crippen LogP contribution in [0, 0.1) is 11.8 Å². The van der Waals surface area contributed by atoms with E-state index < -0.39 is 0 Å². The Balaban J connectivity index is 1.54. The molecule has 0 bridgehead atoms. The highest BCUT2D eigenvalue weighted by molar-refractivity contribution is 5.82. The van der Waals surface area contributed by atoms with Gasteiger partial charge in [0.2, 0.25) is 5.91 Å². The number of carbonyl (C=O) groups is 1. The van der Waals surface area contributed by atoms with Crippen molar-refractivity contribution in [1.29, 1.82) is 0 Å². The molecule has 1 amide bonds. The van der Waals surface area contributed by atoms with Gasteiger partial charge in [-0.2, -0.15) is 0 Å². The highest BCUT2D eigenvalue weighted by Gasteiger charge is 2.60. The molecule has 128 valence electrons. The van der Waals surface area contributed by atoms with Crippen molar-refractivity contribution < 1.29 is 4.79 Å². The van der Waals surface area contributed by atoms with E-state index in [1.54, 1.807) is 0 Å². The minimum atomic E-state index is -0.295. The molecule has 0 radical (unpaired) electrons. The Morgan fingerprint density at radius 3 is 2.44 bits per heavy atom. The second-order valence-electron chi connectivity index (χ2n) is 7.85. The van der Waals surface area contributed by atoms with E-state index >= 15 is 0 Å². The molecule has 25 heavy (non-hydrogen) atoms. The fourth-order valence-corrected chi connectivity index (χ4v) is 5.60. The van der Waals surface area contributed by atoms with Crippen LogP contribution in [0.2, 0.25) is 0 Å². The zero-order valence-electron chi connectivity index (χ0n) is 14.4. The molecule has 3 fully saturated rings. The Morgan fingerprint density at radius 2 is 1.68 bits per heavy atom. The molecule has 3 heteroatoms. The maximum Gasteiger partial charge on any atom is 0.235 e. The van der Waals surface area contributed by atoms with Gasteiger partial charge in [0.1, 0.15) is 5.66 Å². The molecule has 2 heterocycles. The first-order valence-electron chi connectivity index (χ1n) is 9.44. The normalized spacial score (nSPS) is 34.4. The summed E-state index contributed by atoms with van der Waals surface area (Å²) in [6, 6.07) is 21.5. The summed E-state index contributed by atoms with van der Waals surface area (Å²) >= 11 is 0. The summed E-state index contributed by atoms with van der Waals surface area (Å²) in [5, 5.41) is 3.40. The molecule has 1 saturated carbocycles. The summed E-state index contributed by atoms with van der Waals surface area (Å²) in [5.74, 6) is 1.94. The van der Waals surface area contributed by atoms with Gasteiger partial charge in [-0.05, 0) is 42.2 Å². The second-order valence-corrected chi connectivity index (χ2v) is 7.85. The van der Waals surface area contributed by atoms with E-state index in [1.807, 2.05) is 0 Å². The summed E-state index contributed by atoms with van der Waals surface area (Å²) in [7, 11) is 0. The van der Waals surface area contributed by atoms with Crippen LogP contribution in [0.5, 0.6) is 0 Å². The number of rotatable bonds is 2. The first-order valence-corrected chi connectivity index (χ1v) is 9.44. The monoisotopic (exact) mass is 332 g/mol. The van der Waals surface area contributed by atoms with Crippen molar-refractivity contribution in [1.82, 2.24) is 10.2 Å². The van der Waals surface area contributed by atoms with Crippen molar-refractivity contribution in [3.63, 3.8) is 0 Å². The molecule has 0 spiro atoms. The highest BCUT2D eigenvalue weighted by atomic mass is 16.2. The zero-order valence-corrected chi connectivity index (χ0v) is 14.4. The van der Waals surface area contributed by atoms with Gasteiger partial charge in [-0.15, -0.1) is 0 Å². The molecule has 2 aromatic carbocycles. The third kappa shape index (κ3) is 2.26. The predicted octanol–water partition coefficient (Wildman–Crippen LogP) is 3.48. The number of nitrogens with one attached hydrogen (secondary N) is 1. The first-order chi connectivity index (χ1) is 12.3.